The predicted molar refractivity (Wildman–Crippen MR) is 93.3 cm³/mol. The number of rotatable bonds is 2. The van der Waals surface area contributed by atoms with E-state index in [1.54, 1.807) is 25.7 Å². The van der Waals surface area contributed by atoms with E-state index >= 15 is 0 Å². The van der Waals surface area contributed by atoms with Crippen molar-refractivity contribution in [1.29, 1.82) is 0 Å². The van der Waals surface area contributed by atoms with E-state index in [9.17, 15) is 19.1 Å². The number of amides is 2. The van der Waals surface area contributed by atoms with Crippen molar-refractivity contribution >= 4 is 12.0 Å². The second kappa shape index (κ2) is 5.89. The molecular weight excluding hydrogens is 353 g/mol. The van der Waals surface area contributed by atoms with Crippen molar-refractivity contribution in [2.24, 2.45) is 11.8 Å². The number of fused-ring (bicyclic) bond motifs is 1. The van der Waals surface area contributed by atoms with Crippen LogP contribution in [0.15, 0.2) is 18.3 Å². The number of piperidine rings is 1. The Morgan fingerprint density at radius 1 is 1.41 bits per heavy atom. The second-order valence-electron chi connectivity index (χ2n) is 8.83. The van der Waals surface area contributed by atoms with Crippen molar-refractivity contribution in [3.63, 3.8) is 0 Å². The average molecular weight is 377 g/mol. The van der Waals surface area contributed by atoms with Gasteiger partial charge in [-0.05, 0) is 51.7 Å². The number of halogens is 1. The first-order valence-corrected chi connectivity index (χ1v) is 9.22. The summed E-state index contributed by atoms with van der Waals surface area (Å²) in [5, 5.41) is 13.6. The Morgan fingerprint density at radius 3 is 2.78 bits per heavy atom. The number of carbonyl (C=O) groups is 2. The molecule has 2 N–H and O–H groups in total. The summed E-state index contributed by atoms with van der Waals surface area (Å²) in [6.45, 7) is 5.85. The summed E-state index contributed by atoms with van der Waals surface area (Å²) >= 11 is 0. The number of hydrogen-bond acceptors (Lipinski definition) is 5. The summed E-state index contributed by atoms with van der Waals surface area (Å²) in [6, 6.07) is 1.99. The third-order valence-corrected chi connectivity index (χ3v) is 5.87. The summed E-state index contributed by atoms with van der Waals surface area (Å²) in [4.78, 5) is 30.8. The maximum atomic E-state index is 13.1. The lowest BCUT2D eigenvalue weighted by Crippen LogP contribution is -2.80. The Kier molecular flexibility index (Phi) is 3.96. The fourth-order valence-electron chi connectivity index (χ4n) is 5.04. The van der Waals surface area contributed by atoms with Crippen molar-refractivity contribution < 1.29 is 23.8 Å². The van der Waals surface area contributed by atoms with E-state index in [0.717, 1.165) is 12.6 Å². The number of aromatic nitrogens is 1. The van der Waals surface area contributed by atoms with Crippen molar-refractivity contribution in [3.05, 3.63) is 29.8 Å². The van der Waals surface area contributed by atoms with Crippen LogP contribution in [0.5, 0.6) is 0 Å². The minimum atomic E-state index is -0.711. The molecule has 8 heteroatoms. The maximum Gasteiger partial charge on any atom is 0.408 e. The number of ether oxygens (including phenoxy) is 1. The molecule has 0 spiro atoms. The molecule has 3 aliphatic rings. The first-order valence-electron chi connectivity index (χ1n) is 9.22. The molecule has 2 heterocycles. The van der Waals surface area contributed by atoms with Crippen LogP contribution in [0.2, 0.25) is 0 Å². The molecule has 7 nitrogen and oxygen atoms in total. The van der Waals surface area contributed by atoms with Crippen molar-refractivity contribution in [2.75, 3.05) is 6.54 Å². The van der Waals surface area contributed by atoms with Gasteiger partial charge >= 0.3 is 6.09 Å². The summed E-state index contributed by atoms with van der Waals surface area (Å²) < 4.78 is 18.5. The number of pyridine rings is 1. The molecule has 2 bridgehead atoms. The molecule has 2 amide bonds. The lowest BCUT2D eigenvalue weighted by molar-refractivity contribution is -0.132. The number of nitrogens with zero attached hydrogens (tertiary/aromatic N) is 2. The molecule has 1 aromatic heterocycles. The van der Waals surface area contributed by atoms with Crippen LogP contribution in [0.4, 0.5) is 9.18 Å². The Bertz CT molecular complexity index is 778. The molecule has 4 rings (SSSR count). The SMILES string of the molecule is CC(C)(C)OC(=O)NC12C[C@H]3C[C@@H]1[C@@H](O)[C@H]2N(C(=O)c1ccc(F)cn1)C3. The van der Waals surface area contributed by atoms with Gasteiger partial charge in [-0.15, -0.1) is 0 Å². The standard InChI is InChI=1S/C19H24FN3O4/c1-18(2,3)27-17(26)22-19-7-10-6-12(19)14(24)15(19)23(9-10)16(25)13-5-4-11(20)8-21-13/h4-5,8,10,12,14-15,24H,6-7,9H2,1-3H3,(H,22,26)/t10-,12-,14-,15-,19?/m1/s1. The van der Waals surface area contributed by atoms with E-state index in [-0.39, 0.29) is 23.4 Å². The van der Waals surface area contributed by atoms with Gasteiger partial charge in [0.25, 0.3) is 5.91 Å². The fourth-order valence-corrected chi connectivity index (χ4v) is 5.04. The molecule has 2 saturated carbocycles. The average Bonchev–Trinajstić information content (AvgIpc) is 2.69. The number of nitrogens with one attached hydrogen (secondary N) is 1. The molecule has 27 heavy (non-hydrogen) atoms. The summed E-state index contributed by atoms with van der Waals surface area (Å²) in [5.74, 6) is -0.793. The van der Waals surface area contributed by atoms with Crippen LogP contribution in [0, 0.1) is 17.7 Å². The van der Waals surface area contributed by atoms with Crippen LogP contribution in [-0.4, -0.2) is 56.8 Å². The Labute approximate surface area is 156 Å². The Hall–Kier alpha value is -2.22. The highest BCUT2D eigenvalue weighted by molar-refractivity contribution is 5.93. The molecule has 2 aliphatic carbocycles. The van der Waals surface area contributed by atoms with Gasteiger partial charge in [-0.2, -0.15) is 0 Å². The lowest BCUT2D eigenvalue weighted by Gasteiger charge is -2.60. The van der Waals surface area contributed by atoms with E-state index < -0.39 is 35.2 Å². The molecular formula is C19H24FN3O4. The normalized spacial score (nSPS) is 34.0. The number of hydrogen-bond donors (Lipinski definition) is 2. The summed E-state index contributed by atoms with van der Waals surface area (Å²) in [6.07, 6.45) is 1.20. The van der Waals surface area contributed by atoms with Gasteiger partial charge in [0.2, 0.25) is 0 Å². The predicted octanol–water partition coefficient (Wildman–Crippen LogP) is 1.71. The highest BCUT2D eigenvalue weighted by Gasteiger charge is 2.72. The van der Waals surface area contributed by atoms with E-state index in [0.29, 0.717) is 13.0 Å². The van der Waals surface area contributed by atoms with Crippen molar-refractivity contribution in [1.82, 2.24) is 15.2 Å². The zero-order valence-corrected chi connectivity index (χ0v) is 15.6. The molecule has 0 aromatic carbocycles. The van der Waals surface area contributed by atoms with Crippen LogP contribution in [-0.2, 0) is 4.74 Å². The van der Waals surface area contributed by atoms with Gasteiger partial charge in [-0.3, -0.25) is 4.79 Å². The van der Waals surface area contributed by atoms with Crippen LogP contribution in [0.25, 0.3) is 0 Å². The van der Waals surface area contributed by atoms with Gasteiger partial charge in [0, 0.05) is 12.5 Å². The third kappa shape index (κ3) is 2.86. The van der Waals surface area contributed by atoms with Crippen LogP contribution in [0.1, 0.15) is 44.1 Å². The summed E-state index contributed by atoms with van der Waals surface area (Å²) in [7, 11) is 0. The Balaban J connectivity index is 1.59. The van der Waals surface area contributed by atoms with Crippen LogP contribution >= 0.6 is 0 Å². The van der Waals surface area contributed by atoms with E-state index in [2.05, 4.69) is 10.3 Å². The smallest absolute Gasteiger partial charge is 0.408 e. The molecule has 1 aliphatic heterocycles. The number of aliphatic hydroxyl groups is 1. The first kappa shape index (κ1) is 18.2. The third-order valence-electron chi connectivity index (χ3n) is 5.87. The number of aliphatic hydroxyl groups excluding tert-OH is 1. The molecule has 3 fully saturated rings. The zero-order chi connectivity index (χ0) is 19.6. The number of alkyl carbamates (subject to hydrolysis) is 1. The van der Waals surface area contributed by atoms with Crippen LogP contribution in [0.3, 0.4) is 0 Å². The highest BCUT2D eigenvalue weighted by atomic mass is 19.1. The van der Waals surface area contributed by atoms with E-state index in [1.807, 2.05) is 0 Å². The number of carbonyl (C=O) groups excluding carboxylic acids is 2. The minimum Gasteiger partial charge on any atom is -0.444 e. The topological polar surface area (TPSA) is 91.8 Å². The molecule has 5 atom stereocenters. The van der Waals surface area contributed by atoms with Gasteiger partial charge in [0.1, 0.15) is 17.1 Å². The molecule has 0 radical (unpaired) electrons. The molecule has 1 saturated heterocycles. The summed E-state index contributed by atoms with van der Waals surface area (Å²) in [5.41, 5.74) is -1.19. The monoisotopic (exact) mass is 377 g/mol. The van der Waals surface area contributed by atoms with Gasteiger partial charge in [0.05, 0.1) is 23.9 Å². The molecule has 1 unspecified atom stereocenters. The molecule has 1 aromatic rings. The Morgan fingerprint density at radius 2 is 2.15 bits per heavy atom. The van der Waals surface area contributed by atoms with Gasteiger partial charge in [-0.1, -0.05) is 0 Å². The second-order valence-corrected chi connectivity index (χ2v) is 8.83. The van der Waals surface area contributed by atoms with E-state index in [4.69, 9.17) is 4.74 Å². The van der Waals surface area contributed by atoms with Crippen molar-refractivity contribution in [2.45, 2.75) is 56.9 Å². The zero-order valence-electron chi connectivity index (χ0n) is 15.6. The quantitative estimate of drug-likeness (QED) is 0.819. The fraction of sp³-hybridized carbons (Fsp3) is 0.632. The first-order chi connectivity index (χ1) is 12.6. The minimum absolute atomic E-state index is 0.0982. The van der Waals surface area contributed by atoms with Crippen molar-refractivity contribution in [3.8, 4) is 0 Å². The van der Waals surface area contributed by atoms with Gasteiger partial charge in [0.15, 0.2) is 0 Å². The highest BCUT2D eigenvalue weighted by Crippen LogP contribution is 2.58. The largest absolute Gasteiger partial charge is 0.444 e. The van der Waals surface area contributed by atoms with Gasteiger partial charge in [-0.25, -0.2) is 14.2 Å². The van der Waals surface area contributed by atoms with Gasteiger partial charge < -0.3 is 20.1 Å². The molecule has 146 valence electrons. The number of likely N-dealkylation sites (tertiary alicyclic amines) is 1. The van der Waals surface area contributed by atoms with Crippen LogP contribution < -0.4 is 5.32 Å². The van der Waals surface area contributed by atoms with E-state index in [1.165, 1.54) is 12.1 Å². The maximum absolute atomic E-state index is 13.1. The lowest BCUT2D eigenvalue weighted by atomic mass is 9.60.